The number of aromatic nitrogens is 2. The van der Waals surface area contributed by atoms with Crippen LogP contribution in [0.4, 0.5) is 0 Å². The molecule has 2 N–H and O–H groups in total. The van der Waals surface area contributed by atoms with Crippen LogP contribution in [0.25, 0.3) is 22.6 Å². The summed E-state index contributed by atoms with van der Waals surface area (Å²) in [7, 11) is 0. The summed E-state index contributed by atoms with van der Waals surface area (Å²) >= 11 is 6.23. The van der Waals surface area contributed by atoms with Crippen molar-refractivity contribution in [2.24, 2.45) is 0 Å². The van der Waals surface area contributed by atoms with Crippen LogP contribution in [0.5, 0.6) is 0 Å². The molecule has 23 heavy (non-hydrogen) atoms. The van der Waals surface area contributed by atoms with Crippen molar-refractivity contribution in [3.63, 3.8) is 0 Å². The molecule has 0 amide bonds. The topological polar surface area (TPSA) is 66.2 Å². The normalized spacial score (nSPS) is 10.7. The van der Waals surface area contributed by atoms with Gasteiger partial charge in [0.1, 0.15) is 0 Å². The van der Waals surface area contributed by atoms with Crippen LogP contribution in [-0.2, 0) is 13.2 Å². The van der Waals surface area contributed by atoms with Gasteiger partial charge in [-0.25, -0.2) is 9.97 Å². The Morgan fingerprint density at radius 1 is 0.783 bits per heavy atom. The second kappa shape index (κ2) is 6.87. The van der Waals surface area contributed by atoms with E-state index in [1.165, 1.54) is 0 Å². The molecule has 0 aliphatic rings. The zero-order valence-electron chi connectivity index (χ0n) is 12.3. The Hall–Kier alpha value is -2.27. The van der Waals surface area contributed by atoms with E-state index >= 15 is 0 Å². The fraction of sp³-hybridized carbons (Fsp3) is 0.111. The highest BCUT2D eigenvalue weighted by Gasteiger charge is 2.10. The van der Waals surface area contributed by atoms with Gasteiger partial charge in [-0.3, -0.25) is 0 Å². The van der Waals surface area contributed by atoms with E-state index in [1.807, 2.05) is 48.5 Å². The fourth-order valence-corrected chi connectivity index (χ4v) is 2.44. The fourth-order valence-electron chi connectivity index (χ4n) is 2.24. The van der Waals surface area contributed by atoms with Gasteiger partial charge in [0, 0.05) is 11.1 Å². The van der Waals surface area contributed by atoms with Crippen molar-refractivity contribution in [2.75, 3.05) is 0 Å². The van der Waals surface area contributed by atoms with Crippen molar-refractivity contribution in [1.82, 2.24) is 9.97 Å². The summed E-state index contributed by atoms with van der Waals surface area (Å²) in [6.45, 7) is 0.00442. The zero-order valence-corrected chi connectivity index (χ0v) is 13.0. The van der Waals surface area contributed by atoms with Gasteiger partial charge in [-0.05, 0) is 11.1 Å². The van der Waals surface area contributed by atoms with Gasteiger partial charge in [0.2, 0.25) is 0 Å². The Morgan fingerprint density at radius 3 is 1.83 bits per heavy atom. The van der Waals surface area contributed by atoms with Crippen LogP contribution >= 0.6 is 11.6 Å². The third kappa shape index (κ3) is 3.40. The number of halogens is 1. The summed E-state index contributed by atoms with van der Waals surface area (Å²) in [6, 6.07) is 14.8. The molecule has 0 saturated heterocycles. The van der Waals surface area contributed by atoms with Crippen LogP contribution in [0.2, 0.25) is 5.02 Å². The van der Waals surface area contributed by atoms with Gasteiger partial charge in [-0.2, -0.15) is 0 Å². The molecular weight excluding hydrogens is 312 g/mol. The Morgan fingerprint density at radius 2 is 1.30 bits per heavy atom. The minimum absolute atomic E-state index is 0.000240. The molecule has 0 saturated carbocycles. The Bertz CT molecular complexity index is 802. The van der Waals surface area contributed by atoms with E-state index < -0.39 is 0 Å². The quantitative estimate of drug-likeness (QED) is 0.770. The first-order chi connectivity index (χ1) is 11.2. The summed E-state index contributed by atoms with van der Waals surface area (Å²) < 4.78 is 0. The Kier molecular flexibility index (Phi) is 4.67. The van der Waals surface area contributed by atoms with E-state index in [-0.39, 0.29) is 13.2 Å². The maximum atomic E-state index is 9.12. The molecule has 116 valence electrons. The van der Waals surface area contributed by atoms with Gasteiger partial charge in [0.25, 0.3) is 0 Å². The van der Waals surface area contributed by atoms with Crippen LogP contribution in [0.15, 0.2) is 54.7 Å². The highest BCUT2D eigenvalue weighted by Crippen LogP contribution is 2.28. The lowest BCUT2D eigenvalue weighted by Crippen LogP contribution is -1.94. The molecule has 0 spiro atoms. The van der Waals surface area contributed by atoms with Crippen LogP contribution in [0.3, 0.4) is 0 Å². The second-order valence-corrected chi connectivity index (χ2v) is 5.51. The van der Waals surface area contributed by atoms with Crippen molar-refractivity contribution >= 4 is 11.6 Å². The average molecular weight is 327 g/mol. The van der Waals surface area contributed by atoms with Gasteiger partial charge in [0.05, 0.1) is 30.1 Å². The second-order valence-electron chi connectivity index (χ2n) is 5.10. The molecule has 0 bridgehead atoms. The average Bonchev–Trinajstić information content (AvgIpc) is 2.62. The predicted octanol–water partition coefficient (Wildman–Crippen LogP) is 3.45. The molecule has 2 aromatic carbocycles. The lowest BCUT2D eigenvalue weighted by Gasteiger charge is -2.07. The summed E-state index contributed by atoms with van der Waals surface area (Å²) in [4.78, 5) is 8.83. The van der Waals surface area contributed by atoms with Crippen LogP contribution in [0, 0.1) is 0 Å². The summed E-state index contributed by atoms with van der Waals surface area (Å²) in [6.07, 6.45) is 1.58. The van der Waals surface area contributed by atoms with Crippen LogP contribution in [-0.4, -0.2) is 20.2 Å². The standard InChI is InChI=1S/C18H15ClN2O2/c19-16-9-20-18(15-7-3-13(11-23)4-8-15)21-17(16)14-5-1-12(10-22)2-6-14/h1-9,22-23H,10-11H2. The number of nitrogens with zero attached hydrogens (tertiary/aromatic N) is 2. The van der Waals surface area contributed by atoms with E-state index in [2.05, 4.69) is 9.97 Å². The molecule has 0 aliphatic carbocycles. The van der Waals surface area contributed by atoms with Gasteiger partial charge in [-0.15, -0.1) is 0 Å². The molecule has 0 unspecified atom stereocenters. The maximum Gasteiger partial charge on any atom is 0.159 e. The minimum Gasteiger partial charge on any atom is -0.392 e. The molecule has 0 fully saturated rings. The summed E-state index contributed by atoms with van der Waals surface area (Å²) in [5, 5.41) is 18.7. The maximum absolute atomic E-state index is 9.12. The number of aliphatic hydroxyl groups is 2. The molecule has 3 aromatic rings. The van der Waals surface area contributed by atoms with E-state index in [0.29, 0.717) is 16.5 Å². The minimum atomic E-state index is 0.000240. The van der Waals surface area contributed by atoms with E-state index in [0.717, 1.165) is 22.3 Å². The largest absolute Gasteiger partial charge is 0.392 e. The monoisotopic (exact) mass is 326 g/mol. The van der Waals surface area contributed by atoms with Crippen LogP contribution < -0.4 is 0 Å². The van der Waals surface area contributed by atoms with Crippen molar-refractivity contribution in [3.05, 3.63) is 70.9 Å². The first-order valence-electron chi connectivity index (χ1n) is 7.14. The Balaban J connectivity index is 2.00. The predicted molar refractivity (Wildman–Crippen MR) is 89.8 cm³/mol. The number of hydrogen-bond donors (Lipinski definition) is 2. The first kappa shape index (κ1) is 15.6. The SMILES string of the molecule is OCc1ccc(-c2ncc(Cl)c(-c3ccc(CO)cc3)n2)cc1. The molecule has 3 rings (SSSR count). The van der Waals surface area contributed by atoms with Crippen molar-refractivity contribution in [2.45, 2.75) is 13.2 Å². The molecule has 1 heterocycles. The van der Waals surface area contributed by atoms with Gasteiger partial charge in [-0.1, -0.05) is 60.1 Å². The zero-order chi connectivity index (χ0) is 16.2. The van der Waals surface area contributed by atoms with E-state index in [9.17, 15) is 0 Å². The highest BCUT2D eigenvalue weighted by molar-refractivity contribution is 6.32. The van der Waals surface area contributed by atoms with Gasteiger partial charge < -0.3 is 10.2 Å². The summed E-state index contributed by atoms with van der Waals surface area (Å²) in [5.74, 6) is 0.570. The smallest absolute Gasteiger partial charge is 0.159 e. The lowest BCUT2D eigenvalue weighted by molar-refractivity contribution is 0.281. The van der Waals surface area contributed by atoms with E-state index in [1.54, 1.807) is 6.20 Å². The molecule has 5 heteroatoms. The molecule has 0 aliphatic heterocycles. The molecule has 0 atom stereocenters. The third-order valence-corrected chi connectivity index (χ3v) is 3.83. The van der Waals surface area contributed by atoms with Gasteiger partial charge in [0.15, 0.2) is 5.82 Å². The number of rotatable bonds is 4. The third-order valence-electron chi connectivity index (χ3n) is 3.55. The first-order valence-corrected chi connectivity index (χ1v) is 7.52. The number of aliphatic hydroxyl groups excluding tert-OH is 2. The lowest BCUT2D eigenvalue weighted by atomic mass is 10.1. The Labute approximate surface area is 139 Å². The molecule has 1 aromatic heterocycles. The van der Waals surface area contributed by atoms with Gasteiger partial charge >= 0.3 is 0 Å². The molecule has 0 radical (unpaired) electrons. The van der Waals surface area contributed by atoms with Crippen molar-refractivity contribution in [1.29, 1.82) is 0 Å². The number of benzene rings is 2. The highest BCUT2D eigenvalue weighted by atomic mass is 35.5. The van der Waals surface area contributed by atoms with Crippen molar-refractivity contribution in [3.8, 4) is 22.6 Å². The van der Waals surface area contributed by atoms with Crippen molar-refractivity contribution < 1.29 is 10.2 Å². The van der Waals surface area contributed by atoms with Crippen LogP contribution in [0.1, 0.15) is 11.1 Å². The number of hydrogen-bond acceptors (Lipinski definition) is 4. The summed E-state index contributed by atoms with van der Waals surface area (Å²) in [5.41, 5.74) is 4.03. The molecule has 4 nitrogen and oxygen atoms in total. The van der Waals surface area contributed by atoms with E-state index in [4.69, 9.17) is 21.8 Å². The molecular formula is C18H15ClN2O2.